The van der Waals surface area contributed by atoms with Crippen molar-refractivity contribution >= 4 is 23.2 Å². The first-order valence-corrected chi connectivity index (χ1v) is 7.31. The van der Waals surface area contributed by atoms with Crippen LogP contribution in [0.3, 0.4) is 0 Å². The van der Waals surface area contributed by atoms with Crippen LogP contribution in [0.2, 0.25) is 10.0 Å². The highest BCUT2D eigenvalue weighted by molar-refractivity contribution is 6.36. The highest BCUT2D eigenvalue weighted by Gasteiger charge is 2.33. The number of hydrazine groups is 1. The van der Waals surface area contributed by atoms with Crippen molar-refractivity contribution in [3.05, 3.63) is 63.4 Å². The second-order valence-corrected chi connectivity index (χ2v) is 5.79. The van der Waals surface area contributed by atoms with Crippen LogP contribution in [0.5, 0.6) is 0 Å². The molecule has 0 bridgehead atoms. The van der Waals surface area contributed by atoms with Gasteiger partial charge in [0.2, 0.25) is 0 Å². The zero-order valence-corrected chi connectivity index (χ0v) is 12.3. The maximum absolute atomic E-state index is 6.31. The zero-order valence-electron chi connectivity index (χ0n) is 10.8. The second-order valence-electron chi connectivity index (χ2n) is 4.97. The van der Waals surface area contributed by atoms with Crippen molar-refractivity contribution in [1.82, 2.24) is 10.4 Å². The fraction of sp³-hybridized carbons (Fsp3) is 0.267. The lowest BCUT2D eigenvalue weighted by Crippen LogP contribution is -2.32. The number of nitrogens with zero attached hydrogens (tertiary/aromatic N) is 1. The van der Waals surface area contributed by atoms with Gasteiger partial charge in [0.05, 0.1) is 6.04 Å². The maximum Gasteiger partial charge on any atom is 0.0573 e. The summed E-state index contributed by atoms with van der Waals surface area (Å²) in [4.78, 5) is 4.51. The second kappa shape index (κ2) is 5.70. The molecule has 0 radical (unpaired) electrons. The summed E-state index contributed by atoms with van der Waals surface area (Å²) in [6, 6.07) is 9.46. The Morgan fingerprint density at radius 2 is 1.95 bits per heavy atom. The number of nitrogens with two attached hydrogens (primary N) is 1. The summed E-state index contributed by atoms with van der Waals surface area (Å²) in [7, 11) is 0. The van der Waals surface area contributed by atoms with Crippen LogP contribution in [-0.2, 0) is 6.42 Å². The fourth-order valence-corrected chi connectivity index (χ4v) is 3.61. The van der Waals surface area contributed by atoms with Crippen molar-refractivity contribution in [3.8, 4) is 0 Å². The molecule has 2 aromatic rings. The van der Waals surface area contributed by atoms with E-state index in [-0.39, 0.29) is 12.0 Å². The molecule has 5 heteroatoms. The summed E-state index contributed by atoms with van der Waals surface area (Å²) < 4.78 is 0. The summed E-state index contributed by atoms with van der Waals surface area (Å²) in [6.07, 6.45) is 3.82. The molecule has 1 aliphatic rings. The van der Waals surface area contributed by atoms with Crippen molar-refractivity contribution < 1.29 is 0 Å². The van der Waals surface area contributed by atoms with Gasteiger partial charge < -0.3 is 0 Å². The van der Waals surface area contributed by atoms with Crippen LogP contribution in [0.25, 0.3) is 0 Å². The summed E-state index contributed by atoms with van der Waals surface area (Å²) in [5.41, 5.74) is 6.09. The van der Waals surface area contributed by atoms with Crippen LogP contribution in [-0.4, -0.2) is 4.98 Å². The van der Waals surface area contributed by atoms with Gasteiger partial charge in [-0.25, -0.2) is 0 Å². The van der Waals surface area contributed by atoms with Gasteiger partial charge >= 0.3 is 0 Å². The maximum atomic E-state index is 6.31. The van der Waals surface area contributed by atoms with Crippen LogP contribution in [0.1, 0.15) is 35.2 Å². The zero-order chi connectivity index (χ0) is 14.1. The smallest absolute Gasteiger partial charge is 0.0573 e. The van der Waals surface area contributed by atoms with E-state index in [9.17, 15) is 0 Å². The lowest BCUT2D eigenvalue weighted by atomic mass is 9.91. The summed E-state index contributed by atoms with van der Waals surface area (Å²) in [5.74, 6) is 5.97. The van der Waals surface area contributed by atoms with E-state index in [1.54, 1.807) is 0 Å². The van der Waals surface area contributed by atoms with Crippen LogP contribution in [0.4, 0.5) is 0 Å². The Labute approximate surface area is 128 Å². The molecule has 3 nitrogen and oxygen atoms in total. The van der Waals surface area contributed by atoms with Gasteiger partial charge in [-0.3, -0.25) is 16.3 Å². The average molecular weight is 308 g/mol. The number of nitrogens with one attached hydrogen (secondary N) is 1. The van der Waals surface area contributed by atoms with E-state index in [1.807, 2.05) is 30.5 Å². The third kappa shape index (κ3) is 2.31. The van der Waals surface area contributed by atoms with Crippen LogP contribution < -0.4 is 11.3 Å². The molecule has 1 heterocycles. The predicted octanol–water partition coefficient (Wildman–Crippen LogP) is 3.62. The molecule has 0 saturated heterocycles. The Hall–Kier alpha value is -1.13. The topological polar surface area (TPSA) is 50.9 Å². The quantitative estimate of drug-likeness (QED) is 0.672. The molecule has 3 rings (SSSR count). The summed E-state index contributed by atoms with van der Waals surface area (Å²) >= 11 is 12.6. The van der Waals surface area contributed by atoms with Crippen molar-refractivity contribution in [2.75, 3.05) is 0 Å². The van der Waals surface area contributed by atoms with Gasteiger partial charge in [-0.1, -0.05) is 35.3 Å². The highest BCUT2D eigenvalue weighted by Crippen LogP contribution is 2.43. The molecule has 3 N–H and O–H groups in total. The van der Waals surface area contributed by atoms with Gasteiger partial charge in [-0.2, -0.15) is 0 Å². The molecule has 0 fully saturated rings. The van der Waals surface area contributed by atoms with Gasteiger partial charge in [-0.05, 0) is 36.6 Å². The number of fused-ring (bicyclic) bond motifs is 1. The van der Waals surface area contributed by atoms with Crippen molar-refractivity contribution in [2.24, 2.45) is 5.84 Å². The number of aryl methyl sites for hydroxylation is 1. The molecule has 1 aromatic heterocycles. The standard InChI is InChI=1S/C15H15Cl2N3/c16-11-4-1-5-12(17)13(11)15(20-18)10-7-6-9-3-2-8-19-14(9)10/h1-5,8,10,15,20H,6-7,18H2. The van der Waals surface area contributed by atoms with E-state index in [4.69, 9.17) is 29.0 Å². The molecule has 0 amide bonds. The van der Waals surface area contributed by atoms with Crippen molar-refractivity contribution in [3.63, 3.8) is 0 Å². The molecule has 0 aliphatic heterocycles. The molecule has 1 aromatic carbocycles. The van der Waals surface area contributed by atoms with Gasteiger partial charge in [0.25, 0.3) is 0 Å². The normalized spacial score (nSPS) is 18.9. The lowest BCUT2D eigenvalue weighted by Gasteiger charge is -2.25. The van der Waals surface area contributed by atoms with Crippen molar-refractivity contribution in [2.45, 2.75) is 24.8 Å². The number of benzene rings is 1. The predicted molar refractivity (Wildman–Crippen MR) is 81.8 cm³/mol. The first kappa shape index (κ1) is 13.8. The lowest BCUT2D eigenvalue weighted by molar-refractivity contribution is 0.447. The molecule has 104 valence electrons. The number of hydrogen-bond donors (Lipinski definition) is 2. The van der Waals surface area contributed by atoms with Gasteiger partial charge in [0.15, 0.2) is 0 Å². The van der Waals surface area contributed by atoms with Gasteiger partial charge in [0.1, 0.15) is 0 Å². The first-order valence-electron chi connectivity index (χ1n) is 6.56. The molecule has 0 saturated carbocycles. The molecule has 2 unspecified atom stereocenters. The van der Waals surface area contributed by atoms with E-state index in [2.05, 4.69) is 16.5 Å². The minimum atomic E-state index is -0.132. The third-order valence-corrected chi connectivity index (χ3v) is 4.55. The Morgan fingerprint density at radius 3 is 2.65 bits per heavy atom. The van der Waals surface area contributed by atoms with E-state index in [0.717, 1.165) is 24.1 Å². The number of aromatic nitrogens is 1. The van der Waals surface area contributed by atoms with E-state index >= 15 is 0 Å². The Kier molecular flexibility index (Phi) is 3.94. The fourth-order valence-electron chi connectivity index (χ4n) is 2.98. The van der Waals surface area contributed by atoms with Crippen LogP contribution >= 0.6 is 23.2 Å². The highest BCUT2D eigenvalue weighted by atomic mass is 35.5. The summed E-state index contributed by atoms with van der Waals surface area (Å²) in [5, 5.41) is 1.26. The van der Waals surface area contributed by atoms with E-state index < -0.39 is 0 Å². The molecule has 20 heavy (non-hydrogen) atoms. The van der Waals surface area contributed by atoms with Gasteiger partial charge in [-0.15, -0.1) is 0 Å². The molecule has 2 atom stereocenters. The SMILES string of the molecule is NNC(c1c(Cl)cccc1Cl)C1CCc2cccnc21. The first-order chi connectivity index (χ1) is 9.72. The van der Waals surface area contributed by atoms with E-state index in [1.165, 1.54) is 5.56 Å². The largest absolute Gasteiger partial charge is 0.271 e. The van der Waals surface area contributed by atoms with Crippen LogP contribution in [0, 0.1) is 0 Å². The third-order valence-electron chi connectivity index (χ3n) is 3.89. The average Bonchev–Trinajstić information content (AvgIpc) is 2.87. The Bertz CT molecular complexity index is 610. The number of pyridine rings is 1. The Balaban J connectivity index is 2.04. The minimum Gasteiger partial charge on any atom is -0.271 e. The number of hydrogen-bond acceptors (Lipinski definition) is 3. The molecular formula is C15H15Cl2N3. The van der Waals surface area contributed by atoms with E-state index in [0.29, 0.717) is 10.0 Å². The monoisotopic (exact) mass is 307 g/mol. The van der Waals surface area contributed by atoms with Gasteiger partial charge in [0, 0.05) is 33.4 Å². The van der Waals surface area contributed by atoms with Crippen LogP contribution in [0.15, 0.2) is 36.5 Å². The number of rotatable bonds is 3. The number of halogens is 2. The molecule has 1 aliphatic carbocycles. The van der Waals surface area contributed by atoms with Crippen molar-refractivity contribution in [1.29, 1.82) is 0 Å². The molecular weight excluding hydrogens is 293 g/mol. The minimum absolute atomic E-state index is 0.132. The Morgan fingerprint density at radius 1 is 1.20 bits per heavy atom. The summed E-state index contributed by atoms with van der Waals surface area (Å²) in [6.45, 7) is 0. The molecule has 0 spiro atoms.